The summed E-state index contributed by atoms with van der Waals surface area (Å²) in [6, 6.07) is 0.172. The van der Waals surface area contributed by atoms with Gasteiger partial charge in [0, 0.05) is 26.7 Å². The van der Waals surface area contributed by atoms with Crippen LogP contribution in [0.25, 0.3) is 0 Å². The highest BCUT2D eigenvalue weighted by Crippen LogP contribution is 2.59. The lowest BCUT2D eigenvalue weighted by molar-refractivity contribution is -0.331. The second-order valence-corrected chi connectivity index (χ2v) is 6.29. The van der Waals surface area contributed by atoms with Crippen LogP contribution >= 0.6 is 0 Å². The van der Waals surface area contributed by atoms with E-state index in [1.165, 1.54) is 0 Å². The van der Waals surface area contributed by atoms with Crippen molar-refractivity contribution < 1.29 is 14.6 Å². The SMILES string of the molecule is COC1(C)[C@@H]2C[C@@H]3C[C@H]1N[C@]([O])(C2)C3(C)OC. The molecule has 4 aliphatic rings. The number of piperidine rings is 2. The molecule has 4 rings (SSSR count). The lowest BCUT2D eigenvalue weighted by Gasteiger charge is -2.67. The largest absolute Gasteiger partial charge is 0.377 e. The van der Waals surface area contributed by atoms with E-state index < -0.39 is 11.3 Å². The molecule has 97 valence electrons. The third-order valence-corrected chi connectivity index (χ3v) is 5.98. The van der Waals surface area contributed by atoms with Crippen molar-refractivity contribution in [2.24, 2.45) is 11.8 Å². The summed E-state index contributed by atoms with van der Waals surface area (Å²) in [6.45, 7) is 4.11. The molecule has 2 aliphatic carbocycles. The fourth-order valence-electron chi connectivity index (χ4n) is 4.42. The predicted molar refractivity (Wildman–Crippen MR) is 62.0 cm³/mol. The van der Waals surface area contributed by atoms with Gasteiger partial charge in [-0.25, -0.2) is 5.11 Å². The van der Waals surface area contributed by atoms with Gasteiger partial charge in [-0.15, -0.1) is 0 Å². The Kier molecular flexibility index (Phi) is 2.26. The van der Waals surface area contributed by atoms with E-state index in [1.807, 2.05) is 6.92 Å². The van der Waals surface area contributed by atoms with Crippen molar-refractivity contribution in [3.63, 3.8) is 0 Å². The zero-order valence-corrected chi connectivity index (χ0v) is 11.1. The Balaban J connectivity index is 2.00. The van der Waals surface area contributed by atoms with Gasteiger partial charge in [-0.1, -0.05) is 0 Å². The van der Waals surface area contributed by atoms with Crippen molar-refractivity contribution in [3.8, 4) is 0 Å². The molecule has 4 bridgehead atoms. The van der Waals surface area contributed by atoms with Gasteiger partial charge in [0.25, 0.3) is 0 Å². The number of ether oxygens (including phenoxy) is 2. The normalized spacial score (nSPS) is 60.9. The summed E-state index contributed by atoms with van der Waals surface area (Å²) in [4.78, 5) is 0. The molecule has 2 saturated carbocycles. The summed E-state index contributed by atoms with van der Waals surface area (Å²) in [7, 11) is 3.43. The van der Waals surface area contributed by atoms with Crippen LogP contribution in [0.15, 0.2) is 0 Å². The van der Waals surface area contributed by atoms with Crippen molar-refractivity contribution in [1.29, 1.82) is 0 Å². The summed E-state index contributed by atoms with van der Waals surface area (Å²) in [5.41, 5.74) is -1.90. The Labute approximate surface area is 103 Å². The van der Waals surface area contributed by atoms with E-state index in [0.717, 1.165) is 12.8 Å². The third kappa shape index (κ3) is 1.17. The first kappa shape index (κ1) is 11.9. The average Bonchev–Trinajstić information content (AvgIpc) is 2.29. The van der Waals surface area contributed by atoms with Crippen molar-refractivity contribution in [1.82, 2.24) is 5.32 Å². The van der Waals surface area contributed by atoms with E-state index in [2.05, 4.69) is 12.2 Å². The fraction of sp³-hybridized carbons (Fsp3) is 1.00. The average molecular weight is 240 g/mol. The molecule has 0 aromatic rings. The molecule has 17 heavy (non-hydrogen) atoms. The molecular formula is C13H22NO3. The Hall–Kier alpha value is -0.160. The van der Waals surface area contributed by atoms with E-state index >= 15 is 0 Å². The molecule has 0 aromatic heterocycles. The molecule has 6 atom stereocenters. The van der Waals surface area contributed by atoms with Gasteiger partial charge in [-0.2, -0.15) is 0 Å². The van der Waals surface area contributed by atoms with Crippen LogP contribution in [0.3, 0.4) is 0 Å². The van der Waals surface area contributed by atoms with Gasteiger partial charge < -0.3 is 9.47 Å². The minimum atomic E-state index is -1.14. The number of hydrogen-bond acceptors (Lipinski definition) is 3. The Morgan fingerprint density at radius 1 is 1.12 bits per heavy atom. The lowest BCUT2D eigenvalue weighted by Crippen LogP contribution is -2.82. The van der Waals surface area contributed by atoms with Crippen LogP contribution in [-0.2, 0) is 14.6 Å². The zero-order valence-electron chi connectivity index (χ0n) is 11.1. The zero-order chi connectivity index (χ0) is 12.5. The van der Waals surface area contributed by atoms with Crippen molar-refractivity contribution in [2.45, 2.75) is 56.1 Å². The minimum absolute atomic E-state index is 0.172. The van der Waals surface area contributed by atoms with Crippen LogP contribution in [0.1, 0.15) is 33.1 Å². The quantitative estimate of drug-likeness (QED) is 0.792. The van der Waals surface area contributed by atoms with Crippen molar-refractivity contribution >= 4 is 0 Å². The van der Waals surface area contributed by atoms with Gasteiger partial charge in [0.2, 0.25) is 0 Å². The molecule has 4 fully saturated rings. The molecule has 2 aliphatic heterocycles. The van der Waals surface area contributed by atoms with E-state index in [-0.39, 0.29) is 11.6 Å². The minimum Gasteiger partial charge on any atom is -0.377 e. The van der Waals surface area contributed by atoms with E-state index in [0.29, 0.717) is 18.3 Å². The molecule has 4 nitrogen and oxygen atoms in total. The molecule has 0 aromatic carbocycles. The molecule has 2 heterocycles. The fourth-order valence-corrected chi connectivity index (χ4v) is 4.42. The second kappa shape index (κ2) is 3.23. The van der Waals surface area contributed by atoms with Gasteiger partial charge in [0.05, 0.1) is 5.60 Å². The van der Waals surface area contributed by atoms with Gasteiger partial charge in [0.1, 0.15) is 5.60 Å². The Morgan fingerprint density at radius 2 is 1.82 bits per heavy atom. The maximum absolute atomic E-state index is 13.0. The lowest BCUT2D eigenvalue weighted by atomic mass is 9.51. The van der Waals surface area contributed by atoms with E-state index in [9.17, 15) is 5.11 Å². The molecule has 2 saturated heterocycles. The van der Waals surface area contributed by atoms with Gasteiger partial charge in [0.15, 0.2) is 5.72 Å². The topological polar surface area (TPSA) is 50.4 Å². The van der Waals surface area contributed by atoms with Crippen LogP contribution in [0.4, 0.5) is 0 Å². The highest BCUT2D eigenvalue weighted by atomic mass is 16.5. The first-order valence-electron chi connectivity index (χ1n) is 6.48. The Morgan fingerprint density at radius 3 is 2.29 bits per heavy atom. The molecule has 0 spiro atoms. The Bertz CT molecular complexity index is 330. The van der Waals surface area contributed by atoms with Crippen molar-refractivity contribution in [3.05, 3.63) is 0 Å². The third-order valence-electron chi connectivity index (χ3n) is 5.98. The van der Waals surface area contributed by atoms with E-state index in [1.54, 1.807) is 14.2 Å². The smallest absolute Gasteiger partial charge is 0.184 e. The van der Waals surface area contributed by atoms with Crippen LogP contribution in [0.5, 0.6) is 0 Å². The highest BCUT2D eigenvalue weighted by molar-refractivity contribution is 5.21. The molecular weight excluding hydrogens is 218 g/mol. The van der Waals surface area contributed by atoms with Crippen LogP contribution < -0.4 is 5.32 Å². The molecule has 2 unspecified atom stereocenters. The summed E-state index contributed by atoms with van der Waals surface area (Å²) in [5, 5.41) is 16.3. The van der Waals surface area contributed by atoms with E-state index in [4.69, 9.17) is 9.47 Å². The number of rotatable bonds is 2. The maximum Gasteiger partial charge on any atom is 0.184 e. The van der Waals surface area contributed by atoms with Gasteiger partial charge in [-0.05, 0) is 38.5 Å². The number of nitrogens with one attached hydrogen (secondary N) is 1. The highest BCUT2D eigenvalue weighted by Gasteiger charge is 2.70. The van der Waals surface area contributed by atoms with Gasteiger partial charge in [-0.3, -0.25) is 5.32 Å². The number of methoxy groups -OCH3 is 2. The summed E-state index contributed by atoms with van der Waals surface area (Å²) >= 11 is 0. The summed E-state index contributed by atoms with van der Waals surface area (Å²) in [6.07, 6.45) is 2.64. The first-order valence-corrected chi connectivity index (χ1v) is 6.48. The van der Waals surface area contributed by atoms with Crippen LogP contribution in [0, 0.1) is 11.8 Å². The summed E-state index contributed by atoms with van der Waals surface area (Å²) in [5.74, 6) is 0.719. The standard InChI is InChI=1S/C13H22NO3/c1-11(16-3)9-5-8-6-10(11)14-13(15,7-9)12(8,2)17-4/h8-10,14H,5-7H2,1-4H3/t8-,9-,10-,11?,12?,13+/m1/s1. The van der Waals surface area contributed by atoms with Crippen LogP contribution in [0.2, 0.25) is 0 Å². The summed E-state index contributed by atoms with van der Waals surface area (Å²) < 4.78 is 11.3. The van der Waals surface area contributed by atoms with Crippen molar-refractivity contribution in [2.75, 3.05) is 14.2 Å². The van der Waals surface area contributed by atoms with Gasteiger partial charge >= 0.3 is 0 Å². The number of hydrogen-bond donors (Lipinski definition) is 1. The monoisotopic (exact) mass is 240 g/mol. The molecule has 1 radical (unpaired) electrons. The maximum atomic E-state index is 13.0. The van der Waals surface area contributed by atoms with Crippen LogP contribution in [-0.4, -0.2) is 37.2 Å². The second-order valence-electron chi connectivity index (χ2n) is 6.29. The molecule has 1 N–H and O–H groups in total. The molecule has 4 heteroatoms. The molecule has 0 amide bonds. The predicted octanol–water partition coefficient (Wildman–Crippen LogP) is 1.33. The first-order chi connectivity index (χ1) is 7.89.